The van der Waals surface area contributed by atoms with E-state index in [9.17, 15) is 10.0 Å². The van der Waals surface area contributed by atoms with Crippen molar-refractivity contribution in [2.45, 2.75) is 12.8 Å². The van der Waals surface area contributed by atoms with Crippen LogP contribution in [0.3, 0.4) is 0 Å². The first-order chi connectivity index (χ1) is 3.41. The highest BCUT2D eigenvalue weighted by Gasteiger charge is 1.81. The lowest BCUT2D eigenvalue weighted by Crippen LogP contribution is -2.60. The highest BCUT2D eigenvalue weighted by atomic mass is 16.4. The highest BCUT2D eigenvalue weighted by Crippen LogP contribution is 1.71. The molecule has 38 valence electrons. The summed E-state index contributed by atoms with van der Waals surface area (Å²) >= 11 is 0. The van der Waals surface area contributed by atoms with E-state index in [0.717, 1.165) is 0 Å². The van der Waals surface area contributed by atoms with Crippen LogP contribution in [-0.2, 0) is 4.79 Å². The zero-order chi connectivity index (χ0) is 5.54. The standard InChI is InChI=1S/C4H5NO2/c6-4-2-1-3-5-7/h5H,1-2H2. The number of nitrogens with one attached hydrogen (secondary N) is 1. The summed E-state index contributed by atoms with van der Waals surface area (Å²) in [6, 6.07) is 0. The Bertz CT molecular complexity index is 70.1. The molecule has 0 rings (SSSR count). The highest BCUT2D eigenvalue weighted by molar-refractivity contribution is 5.59. The molecule has 0 spiro atoms. The maximum absolute atomic E-state index is 9.38. The second-order valence-electron chi connectivity index (χ2n) is 0.923. The first kappa shape index (κ1) is 6.14. The summed E-state index contributed by atoms with van der Waals surface area (Å²) in [5.74, 6) is 0. The van der Waals surface area contributed by atoms with Gasteiger partial charge in [-0.3, -0.25) is 4.79 Å². The SMILES string of the molecule is O=[C]CC/[C]=[NH+]/[O-]. The lowest BCUT2D eigenvalue weighted by Gasteiger charge is -1.72. The van der Waals surface area contributed by atoms with E-state index in [1.165, 1.54) is 5.16 Å². The lowest BCUT2D eigenvalue weighted by atomic mass is 10.4. The third-order valence-electron chi connectivity index (χ3n) is 0.424. The molecule has 2 radical (unpaired) electrons. The molecule has 1 N–H and O–H groups in total. The fourth-order valence-electron chi connectivity index (χ4n) is 0.165. The van der Waals surface area contributed by atoms with Crippen LogP contribution in [0.1, 0.15) is 12.8 Å². The van der Waals surface area contributed by atoms with Crippen molar-refractivity contribution in [1.29, 1.82) is 0 Å². The predicted molar refractivity (Wildman–Crippen MR) is 24.3 cm³/mol. The smallest absolute Gasteiger partial charge is 0.253 e. The molecule has 7 heavy (non-hydrogen) atoms. The normalized spacial score (nSPS) is 9.71. The zero-order valence-corrected chi connectivity index (χ0v) is 3.73. The van der Waals surface area contributed by atoms with Crippen molar-refractivity contribution in [2.24, 2.45) is 0 Å². The average Bonchev–Trinajstić information content (AvgIpc) is 1.69. The van der Waals surface area contributed by atoms with Gasteiger partial charge in [0.2, 0.25) is 0 Å². The molecule has 0 aromatic heterocycles. The summed E-state index contributed by atoms with van der Waals surface area (Å²) in [5.41, 5.74) is 0. The van der Waals surface area contributed by atoms with Crippen molar-refractivity contribution in [3.8, 4) is 0 Å². The van der Waals surface area contributed by atoms with Crippen LogP contribution >= 0.6 is 0 Å². The van der Waals surface area contributed by atoms with Crippen LogP contribution in [0.25, 0.3) is 0 Å². The molecule has 0 atom stereocenters. The van der Waals surface area contributed by atoms with Gasteiger partial charge in [-0.05, 0) is 0 Å². The molecule has 0 saturated carbocycles. The van der Waals surface area contributed by atoms with Gasteiger partial charge >= 0.3 is 0 Å². The van der Waals surface area contributed by atoms with E-state index in [4.69, 9.17) is 0 Å². The van der Waals surface area contributed by atoms with E-state index < -0.39 is 0 Å². The monoisotopic (exact) mass is 99.0 g/mol. The van der Waals surface area contributed by atoms with Gasteiger partial charge in [-0.1, -0.05) is 0 Å². The van der Waals surface area contributed by atoms with E-state index in [0.29, 0.717) is 6.42 Å². The van der Waals surface area contributed by atoms with Crippen LogP contribution in [0.15, 0.2) is 0 Å². The molecule has 3 heteroatoms. The van der Waals surface area contributed by atoms with Gasteiger partial charge in [-0.2, -0.15) is 0 Å². The summed E-state index contributed by atoms with van der Waals surface area (Å²) in [6.45, 7) is 0. The number of unbranched alkanes of at least 4 members (excludes halogenated alkanes) is 1. The molecule has 0 fully saturated rings. The van der Waals surface area contributed by atoms with Crippen molar-refractivity contribution in [3.05, 3.63) is 5.21 Å². The Balaban J connectivity index is 2.82. The summed E-state index contributed by atoms with van der Waals surface area (Å²) in [5, 5.41) is 10.7. The molecule has 0 bridgehead atoms. The lowest BCUT2D eigenvalue weighted by molar-refractivity contribution is -0.368. The maximum Gasteiger partial charge on any atom is 0.253 e. The zero-order valence-electron chi connectivity index (χ0n) is 3.73. The van der Waals surface area contributed by atoms with Gasteiger partial charge < -0.3 is 5.21 Å². The van der Waals surface area contributed by atoms with E-state index in [2.05, 4.69) is 6.21 Å². The third kappa shape index (κ3) is 5.14. The number of rotatable bonds is 3. The molecular weight excluding hydrogens is 94.0 g/mol. The molecule has 0 aromatic carbocycles. The number of carbonyl (C=O) groups excluding carboxylic acids is 1. The van der Waals surface area contributed by atoms with Gasteiger partial charge in [-0.15, -0.1) is 0 Å². The fraction of sp³-hybridized carbons (Fsp3) is 0.500. The largest absolute Gasteiger partial charge is 0.625 e. The second kappa shape index (κ2) is 5.14. The molecule has 0 aliphatic carbocycles. The van der Waals surface area contributed by atoms with Crippen LogP contribution < -0.4 is 5.16 Å². The molecule has 0 aliphatic rings. The Morgan fingerprint density at radius 2 is 2.29 bits per heavy atom. The van der Waals surface area contributed by atoms with E-state index in [1.54, 1.807) is 6.29 Å². The van der Waals surface area contributed by atoms with Gasteiger partial charge in [0.25, 0.3) is 6.21 Å². The number of hydrogen-bond acceptors (Lipinski definition) is 2. The number of hydrogen-bond donors (Lipinski definition) is 1. The minimum atomic E-state index is 0.245. The van der Waals surface area contributed by atoms with Crippen LogP contribution in [-0.4, -0.2) is 12.5 Å². The topological polar surface area (TPSA) is 54.1 Å². The van der Waals surface area contributed by atoms with Gasteiger partial charge in [0.15, 0.2) is 6.29 Å². The molecule has 0 aromatic rings. The van der Waals surface area contributed by atoms with Gasteiger partial charge in [0.1, 0.15) is 0 Å². The predicted octanol–water partition coefficient (Wildman–Crippen LogP) is -1.60. The van der Waals surface area contributed by atoms with Crippen molar-refractivity contribution in [3.63, 3.8) is 0 Å². The summed E-state index contributed by atoms with van der Waals surface area (Å²) in [4.78, 5) is 9.38. The first-order valence-corrected chi connectivity index (χ1v) is 1.87. The second-order valence-corrected chi connectivity index (χ2v) is 0.923. The van der Waals surface area contributed by atoms with Crippen molar-refractivity contribution < 1.29 is 9.95 Å². The van der Waals surface area contributed by atoms with E-state index in [1.807, 2.05) is 0 Å². The molecule has 0 amide bonds. The summed E-state index contributed by atoms with van der Waals surface area (Å²) < 4.78 is 0. The molecule has 0 aliphatic heterocycles. The minimum Gasteiger partial charge on any atom is -0.625 e. The molecular formula is C4H5NO2. The Morgan fingerprint density at radius 1 is 1.57 bits per heavy atom. The molecule has 0 unspecified atom stereocenters. The van der Waals surface area contributed by atoms with Crippen LogP contribution in [0.5, 0.6) is 0 Å². The van der Waals surface area contributed by atoms with Gasteiger partial charge in [0, 0.05) is 12.8 Å². The maximum atomic E-state index is 9.38. The quantitative estimate of drug-likeness (QED) is 0.200. The minimum absolute atomic E-state index is 0.245. The average molecular weight is 99.1 g/mol. The van der Waals surface area contributed by atoms with E-state index in [-0.39, 0.29) is 6.42 Å². The van der Waals surface area contributed by atoms with Gasteiger partial charge in [0.05, 0.1) is 0 Å². The van der Waals surface area contributed by atoms with Crippen molar-refractivity contribution >= 4 is 12.5 Å². The van der Waals surface area contributed by atoms with Crippen LogP contribution in [0, 0.1) is 5.21 Å². The Kier molecular flexibility index (Phi) is 4.51. The van der Waals surface area contributed by atoms with Crippen LogP contribution in [0.4, 0.5) is 0 Å². The van der Waals surface area contributed by atoms with Crippen molar-refractivity contribution in [2.75, 3.05) is 0 Å². The Labute approximate surface area is 41.6 Å². The third-order valence-corrected chi connectivity index (χ3v) is 0.424. The van der Waals surface area contributed by atoms with Gasteiger partial charge in [-0.25, -0.2) is 5.16 Å². The summed E-state index contributed by atoms with van der Waals surface area (Å²) in [7, 11) is 0. The Morgan fingerprint density at radius 3 is 2.71 bits per heavy atom. The van der Waals surface area contributed by atoms with Crippen molar-refractivity contribution in [1.82, 2.24) is 0 Å². The summed E-state index contributed by atoms with van der Waals surface area (Å²) in [6.07, 6.45) is 4.38. The first-order valence-electron chi connectivity index (χ1n) is 1.87. The van der Waals surface area contributed by atoms with Crippen LogP contribution in [0.2, 0.25) is 0 Å². The van der Waals surface area contributed by atoms with E-state index >= 15 is 0 Å². The molecule has 0 heterocycles. The molecule has 3 nitrogen and oxygen atoms in total. The molecule has 0 saturated heterocycles. The Hall–Kier alpha value is -0.860. The fourth-order valence-corrected chi connectivity index (χ4v) is 0.165.